The minimum absolute atomic E-state index is 0. The quantitative estimate of drug-likeness (QED) is 0.404. The van der Waals surface area contributed by atoms with E-state index < -0.39 is 0 Å². The molecule has 0 atom stereocenters. The largest absolute Gasteiger partial charge is 0.119 e. The van der Waals surface area contributed by atoms with Crippen molar-refractivity contribution < 1.29 is 0 Å². The first-order valence-electron chi connectivity index (χ1n) is 1.28. The van der Waals surface area contributed by atoms with Gasteiger partial charge in [-0.3, -0.25) is 0 Å². The SMILES string of the molecule is C.C.C#CCC#C. The smallest absolute Gasteiger partial charge is 0.0697 e. The van der Waals surface area contributed by atoms with Crippen LogP contribution in [0.1, 0.15) is 21.3 Å². The first-order chi connectivity index (χ1) is 2.41. The maximum atomic E-state index is 4.75. The highest BCUT2D eigenvalue weighted by Gasteiger charge is 1.51. The Bertz CT molecular complexity index is 65.2. The molecule has 0 saturated carbocycles. The molecule has 40 valence electrons. The van der Waals surface area contributed by atoms with Crippen LogP contribution < -0.4 is 0 Å². The van der Waals surface area contributed by atoms with Crippen LogP contribution in [0.5, 0.6) is 0 Å². The molecule has 0 aromatic heterocycles. The Hall–Kier alpha value is -0.880. The summed E-state index contributed by atoms with van der Waals surface area (Å²) < 4.78 is 0. The number of rotatable bonds is 0. The summed E-state index contributed by atoms with van der Waals surface area (Å²) in [6, 6.07) is 0. The van der Waals surface area contributed by atoms with Crippen LogP contribution in [0.25, 0.3) is 0 Å². The van der Waals surface area contributed by atoms with Crippen LogP contribution in [0.15, 0.2) is 0 Å². The van der Waals surface area contributed by atoms with E-state index in [1.807, 2.05) is 0 Å². The van der Waals surface area contributed by atoms with Crippen molar-refractivity contribution in [2.45, 2.75) is 21.3 Å². The van der Waals surface area contributed by atoms with Crippen molar-refractivity contribution in [3.63, 3.8) is 0 Å². The van der Waals surface area contributed by atoms with E-state index in [1.165, 1.54) is 0 Å². The summed E-state index contributed by atoms with van der Waals surface area (Å²) in [4.78, 5) is 0. The number of hydrogen-bond acceptors (Lipinski definition) is 0. The fourth-order valence-electron chi connectivity index (χ4n) is 0.0589. The predicted molar refractivity (Wildman–Crippen MR) is 35.7 cm³/mol. The molecule has 0 heterocycles. The molecule has 0 aliphatic rings. The van der Waals surface area contributed by atoms with Gasteiger partial charge in [0.1, 0.15) is 0 Å². The average molecular weight is 96.2 g/mol. The lowest BCUT2D eigenvalue weighted by atomic mass is 10.5. The van der Waals surface area contributed by atoms with Gasteiger partial charge < -0.3 is 0 Å². The van der Waals surface area contributed by atoms with E-state index in [9.17, 15) is 0 Å². The molecule has 0 aromatic rings. The van der Waals surface area contributed by atoms with Crippen molar-refractivity contribution in [3.05, 3.63) is 0 Å². The highest BCUT2D eigenvalue weighted by molar-refractivity contribution is 4.99. The van der Waals surface area contributed by atoms with Gasteiger partial charge in [0.15, 0.2) is 0 Å². The molecule has 0 amide bonds. The second-order valence-electron chi connectivity index (χ2n) is 0.585. The Labute approximate surface area is 46.9 Å². The molecule has 0 spiro atoms. The van der Waals surface area contributed by atoms with E-state index in [0.717, 1.165) is 0 Å². The Morgan fingerprint density at radius 3 is 1.29 bits per heavy atom. The monoisotopic (exact) mass is 96.1 g/mol. The van der Waals surface area contributed by atoms with Crippen LogP contribution in [0, 0.1) is 24.7 Å². The molecule has 0 bridgehead atoms. The van der Waals surface area contributed by atoms with Gasteiger partial charge in [0.2, 0.25) is 0 Å². The van der Waals surface area contributed by atoms with Gasteiger partial charge in [0.25, 0.3) is 0 Å². The molecule has 0 aliphatic heterocycles. The molecule has 0 unspecified atom stereocenters. The van der Waals surface area contributed by atoms with Gasteiger partial charge in [-0.1, -0.05) is 26.7 Å². The lowest BCUT2D eigenvalue weighted by Crippen LogP contribution is -1.47. The zero-order chi connectivity index (χ0) is 4.12. The molecule has 0 fully saturated rings. The minimum atomic E-state index is 0. The van der Waals surface area contributed by atoms with Crippen molar-refractivity contribution in [1.82, 2.24) is 0 Å². The lowest BCUT2D eigenvalue weighted by molar-refractivity contribution is 1.58. The maximum Gasteiger partial charge on any atom is 0.0697 e. The van der Waals surface area contributed by atoms with E-state index in [2.05, 4.69) is 11.8 Å². The molecule has 7 heavy (non-hydrogen) atoms. The molecule has 0 radical (unpaired) electrons. The van der Waals surface area contributed by atoms with E-state index in [4.69, 9.17) is 12.8 Å². The summed E-state index contributed by atoms with van der Waals surface area (Å²) in [5, 5.41) is 0. The fourth-order valence-corrected chi connectivity index (χ4v) is 0.0589. The number of terminal acetylenes is 2. The molecule has 0 saturated heterocycles. The van der Waals surface area contributed by atoms with Crippen LogP contribution in [-0.2, 0) is 0 Å². The Kier molecular flexibility index (Phi) is 45.5. The molecule has 0 rings (SSSR count). The molecular weight excluding hydrogens is 84.1 g/mol. The first kappa shape index (κ1) is 16.5. The summed E-state index contributed by atoms with van der Waals surface area (Å²) in [6.45, 7) is 0. The van der Waals surface area contributed by atoms with Gasteiger partial charge >= 0.3 is 0 Å². The lowest BCUT2D eigenvalue weighted by Gasteiger charge is -1.56. The third-order valence-corrected chi connectivity index (χ3v) is 0.204. The normalized spacial score (nSPS) is 3.14. The van der Waals surface area contributed by atoms with Crippen LogP contribution in [0.4, 0.5) is 0 Å². The summed E-state index contributed by atoms with van der Waals surface area (Å²) >= 11 is 0. The van der Waals surface area contributed by atoms with Crippen LogP contribution in [0.3, 0.4) is 0 Å². The molecule has 0 aliphatic carbocycles. The van der Waals surface area contributed by atoms with Crippen molar-refractivity contribution in [2.24, 2.45) is 0 Å². The second-order valence-corrected chi connectivity index (χ2v) is 0.585. The highest BCUT2D eigenvalue weighted by atomic mass is 13.5. The predicted octanol–water partition coefficient (Wildman–Crippen LogP) is 1.92. The fraction of sp³-hybridized carbons (Fsp3) is 0.429. The van der Waals surface area contributed by atoms with Gasteiger partial charge in [-0.05, 0) is 0 Å². The third kappa shape index (κ3) is 39.7. The summed E-state index contributed by atoms with van der Waals surface area (Å²) in [5.74, 6) is 4.56. The zero-order valence-corrected chi connectivity index (χ0v) is 2.86. The zero-order valence-electron chi connectivity index (χ0n) is 2.86. The maximum absolute atomic E-state index is 4.75. The molecule has 0 heteroatoms. The van der Waals surface area contributed by atoms with Crippen LogP contribution in [-0.4, -0.2) is 0 Å². The minimum Gasteiger partial charge on any atom is -0.119 e. The first-order valence-corrected chi connectivity index (χ1v) is 1.28. The topological polar surface area (TPSA) is 0 Å². The Morgan fingerprint density at radius 1 is 1.00 bits per heavy atom. The molecule has 0 aromatic carbocycles. The van der Waals surface area contributed by atoms with E-state index >= 15 is 0 Å². The highest BCUT2D eigenvalue weighted by Crippen LogP contribution is 1.59. The molecular formula is C7H12. The van der Waals surface area contributed by atoms with Gasteiger partial charge in [0.05, 0.1) is 6.42 Å². The van der Waals surface area contributed by atoms with Gasteiger partial charge in [-0.15, -0.1) is 12.8 Å². The van der Waals surface area contributed by atoms with Crippen LogP contribution >= 0.6 is 0 Å². The van der Waals surface area contributed by atoms with Crippen LogP contribution in [0.2, 0.25) is 0 Å². The average Bonchev–Trinajstić information content (AvgIpc) is 1.41. The van der Waals surface area contributed by atoms with E-state index in [1.54, 1.807) is 0 Å². The second kappa shape index (κ2) is 19.3. The summed E-state index contributed by atoms with van der Waals surface area (Å²) in [5.41, 5.74) is 0. The van der Waals surface area contributed by atoms with E-state index in [0.29, 0.717) is 6.42 Å². The molecule has 0 N–H and O–H groups in total. The van der Waals surface area contributed by atoms with Crippen molar-refractivity contribution in [3.8, 4) is 24.7 Å². The Morgan fingerprint density at radius 2 is 1.29 bits per heavy atom. The summed E-state index contributed by atoms with van der Waals surface area (Å²) in [7, 11) is 0. The van der Waals surface area contributed by atoms with Crippen molar-refractivity contribution >= 4 is 0 Å². The standard InChI is InChI=1S/C5H4.2CH4/c1-3-5-4-2;;/h1-2H,5H2;2*1H4. The van der Waals surface area contributed by atoms with Crippen molar-refractivity contribution in [2.75, 3.05) is 0 Å². The summed E-state index contributed by atoms with van der Waals surface area (Å²) in [6.07, 6.45) is 9.94. The third-order valence-electron chi connectivity index (χ3n) is 0.204. The van der Waals surface area contributed by atoms with E-state index in [-0.39, 0.29) is 14.9 Å². The molecule has 0 nitrogen and oxygen atoms in total. The number of hydrogen-bond donors (Lipinski definition) is 0. The van der Waals surface area contributed by atoms with Gasteiger partial charge in [-0.2, -0.15) is 0 Å². The van der Waals surface area contributed by atoms with Gasteiger partial charge in [0, 0.05) is 0 Å². The van der Waals surface area contributed by atoms with Crippen molar-refractivity contribution in [1.29, 1.82) is 0 Å². The van der Waals surface area contributed by atoms with Gasteiger partial charge in [-0.25, -0.2) is 0 Å². The Balaban J connectivity index is -0.0000000800.